The molecule has 0 bridgehead atoms. The fraction of sp³-hybridized carbons (Fsp3) is 0.154. The van der Waals surface area contributed by atoms with E-state index in [2.05, 4.69) is 36.4 Å². The molecule has 0 fully saturated rings. The van der Waals surface area contributed by atoms with Crippen LogP contribution in [-0.2, 0) is 0 Å². The first-order valence-electron chi connectivity index (χ1n) is 9.66. The zero-order chi connectivity index (χ0) is 21.1. The Morgan fingerprint density at radius 1 is 0.467 bits per heavy atom. The van der Waals surface area contributed by atoms with Gasteiger partial charge in [-0.3, -0.25) is 0 Å². The Balaban J connectivity index is 2.02. The van der Waals surface area contributed by atoms with Crippen LogP contribution < -0.4 is 18.9 Å². The monoisotopic (exact) mass is 400 g/mol. The maximum atomic E-state index is 5.69. The van der Waals surface area contributed by atoms with Crippen LogP contribution in [0.4, 0.5) is 0 Å². The predicted octanol–water partition coefficient (Wildman–Crippen LogP) is 6.21. The minimum Gasteiger partial charge on any atom is -0.497 e. The van der Waals surface area contributed by atoms with Crippen LogP contribution in [0.5, 0.6) is 23.0 Å². The number of methoxy groups -OCH3 is 4. The summed E-state index contributed by atoms with van der Waals surface area (Å²) in [6.07, 6.45) is 0. The highest BCUT2D eigenvalue weighted by Crippen LogP contribution is 2.43. The van der Waals surface area contributed by atoms with E-state index in [4.69, 9.17) is 18.9 Å². The highest BCUT2D eigenvalue weighted by molar-refractivity contribution is 6.08. The second-order valence-corrected chi connectivity index (χ2v) is 6.84. The molecule has 0 aliphatic heterocycles. The predicted molar refractivity (Wildman–Crippen MR) is 121 cm³/mol. The third kappa shape index (κ3) is 3.41. The Kier molecular flexibility index (Phi) is 5.48. The van der Waals surface area contributed by atoms with Crippen LogP contribution in [0, 0.1) is 0 Å². The summed E-state index contributed by atoms with van der Waals surface area (Å²) in [5.41, 5.74) is 4.17. The highest BCUT2D eigenvalue weighted by atomic mass is 16.5. The summed E-state index contributed by atoms with van der Waals surface area (Å²) in [5.74, 6) is 3.04. The van der Waals surface area contributed by atoms with Crippen molar-refractivity contribution < 1.29 is 18.9 Å². The van der Waals surface area contributed by atoms with Crippen molar-refractivity contribution in [2.45, 2.75) is 0 Å². The smallest absolute Gasteiger partial charge is 0.130 e. The van der Waals surface area contributed by atoms with Gasteiger partial charge in [-0.05, 0) is 46.2 Å². The lowest BCUT2D eigenvalue weighted by molar-refractivity contribution is 0.395. The normalized spacial score (nSPS) is 10.7. The summed E-state index contributed by atoms with van der Waals surface area (Å²) in [7, 11) is 6.66. The molecular formula is C26H24O4. The average Bonchev–Trinajstić information content (AvgIpc) is 2.82. The Bertz CT molecular complexity index is 1110. The van der Waals surface area contributed by atoms with Gasteiger partial charge < -0.3 is 18.9 Å². The van der Waals surface area contributed by atoms with E-state index in [0.717, 1.165) is 56.0 Å². The molecule has 0 aromatic heterocycles. The molecule has 0 atom stereocenters. The van der Waals surface area contributed by atoms with Gasteiger partial charge in [-0.15, -0.1) is 0 Å². The molecule has 0 N–H and O–H groups in total. The lowest BCUT2D eigenvalue weighted by atomic mass is 9.90. The molecule has 0 radical (unpaired) electrons. The third-order valence-corrected chi connectivity index (χ3v) is 5.30. The molecule has 0 saturated carbocycles. The van der Waals surface area contributed by atoms with Crippen molar-refractivity contribution in [3.63, 3.8) is 0 Å². The lowest BCUT2D eigenvalue weighted by Gasteiger charge is -2.17. The van der Waals surface area contributed by atoms with Gasteiger partial charge >= 0.3 is 0 Å². The maximum Gasteiger partial charge on any atom is 0.130 e. The van der Waals surface area contributed by atoms with Crippen LogP contribution in [0.3, 0.4) is 0 Å². The standard InChI is InChI=1S/C26H24O4/c1-27-18-11-13-20(24(15-18)29-3)22-9-5-7-17-8-6-10-23(26(17)22)21-14-12-19(28-2)16-25(21)30-4/h5-16H,1-4H3. The summed E-state index contributed by atoms with van der Waals surface area (Å²) < 4.78 is 22.1. The van der Waals surface area contributed by atoms with E-state index in [1.165, 1.54) is 0 Å². The number of fused-ring (bicyclic) bond motifs is 1. The lowest BCUT2D eigenvalue weighted by Crippen LogP contribution is -1.94. The summed E-state index contributed by atoms with van der Waals surface area (Å²) in [4.78, 5) is 0. The van der Waals surface area contributed by atoms with Crippen LogP contribution in [0.25, 0.3) is 33.0 Å². The highest BCUT2D eigenvalue weighted by Gasteiger charge is 2.16. The van der Waals surface area contributed by atoms with Crippen molar-refractivity contribution in [3.05, 3.63) is 72.8 Å². The number of rotatable bonds is 6. The fourth-order valence-electron chi connectivity index (χ4n) is 3.83. The second kappa shape index (κ2) is 8.37. The second-order valence-electron chi connectivity index (χ2n) is 6.84. The van der Waals surface area contributed by atoms with E-state index in [0.29, 0.717) is 0 Å². The van der Waals surface area contributed by atoms with Gasteiger partial charge in [-0.1, -0.05) is 36.4 Å². The van der Waals surface area contributed by atoms with Gasteiger partial charge in [-0.2, -0.15) is 0 Å². The van der Waals surface area contributed by atoms with Crippen LogP contribution in [-0.4, -0.2) is 28.4 Å². The van der Waals surface area contributed by atoms with Crippen molar-refractivity contribution in [3.8, 4) is 45.3 Å². The Labute approximate surface area is 176 Å². The molecule has 0 saturated heterocycles. The number of hydrogen-bond acceptors (Lipinski definition) is 4. The summed E-state index contributed by atoms with van der Waals surface area (Å²) in [6, 6.07) is 24.4. The van der Waals surface area contributed by atoms with E-state index < -0.39 is 0 Å². The molecule has 0 aliphatic rings. The maximum absolute atomic E-state index is 5.69. The minimum absolute atomic E-state index is 0.757. The Morgan fingerprint density at radius 2 is 0.933 bits per heavy atom. The van der Waals surface area contributed by atoms with E-state index >= 15 is 0 Å². The third-order valence-electron chi connectivity index (χ3n) is 5.30. The SMILES string of the molecule is COc1ccc(-c2cccc3cccc(-c4ccc(OC)cc4OC)c23)c(OC)c1. The topological polar surface area (TPSA) is 36.9 Å². The molecule has 0 unspecified atom stereocenters. The summed E-state index contributed by atoms with van der Waals surface area (Å²) in [5, 5.41) is 2.27. The van der Waals surface area contributed by atoms with E-state index in [-0.39, 0.29) is 0 Å². The van der Waals surface area contributed by atoms with Crippen LogP contribution in [0.2, 0.25) is 0 Å². The van der Waals surface area contributed by atoms with Gasteiger partial charge in [0.15, 0.2) is 0 Å². The molecule has 30 heavy (non-hydrogen) atoms. The van der Waals surface area contributed by atoms with Crippen LogP contribution >= 0.6 is 0 Å². The molecule has 0 heterocycles. The van der Waals surface area contributed by atoms with Gasteiger partial charge in [0.2, 0.25) is 0 Å². The van der Waals surface area contributed by atoms with Gasteiger partial charge in [0.05, 0.1) is 28.4 Å². The van der Waals surface area contributed by atoms with E-state index in [1.807, 2.05) is 36.4 Å². The molecule has 4 aromatic rings. The van der Waals surface area contributed by atoms with E-state index in [1.54, 1.807) is 28.4 Å². The first-order valence-corrected chi connectivity index (χ1v) is 9.66. The van der Waals surface area contributed by atoms with Crippen molar-refractivity contribution in [1.29, 1.82) is 0 Å². The van der Waals surface area contributed by atoms with Crippen molar-refractivity contribution in [2.24, 2.45) is 0 Å². The molecule has 4 nitrogen and oxygen atoms in total. The molecule has 0 spiro atoms. The van der Waals surface area contributed by atoms with E-state index in [9.17, 15) is 0 Å². The first-order chi connectivity index (χ1) is 14.7. The molecule has 4 heteroatoms. The molecular weight excluding hydrogens is 376 g/mol. The summed E-state index contributed by atoms with van der Waals surface area (Å²) in [6.45, 7) is 0. The number of hydrogen-bond donors (Lipinski definition) is 0. The van der Waals surface area contributed by atoms with Gasteiger partial charge in [0.25, 0.3) is 0 Å². The molecule has 4 rings (SSSR count). The molecule has 0 aliphatic carbocycles. The van der Waals surface area contributed by atoms with Gasteiger partial charge in [0.1, 0.15) is 23.0 Å². The zero-order valence-corrected chi connectivity index (χ0v) is 17.6. The fourth-order valence-corrected chi connectivity index (χ4v) is 3.83. The van der Waals surface area contributed by atoms with Gasteiger partial charge in [0, 0.05) is 23.3 Å². The Hall–Kier alpha value is -3.66. The average molecular weight is 400 g/mol. The first kappa shape index (κ1) is 19.6. The van der Waals surface area contributed by atoms with Crippen molar-refractivity contribution >= 4 is 10.8 Å². The number of ether oxygens (including phenoxy) is 4. The molecule has 152 valence electrons. The van der Waals surface area contributed by atoms with Crippen molar-refractivity contribution in [2.75, 3.05) is 28.4 Å². The molecule has 0 amide bonds. The van der Waals surface area contributed by atoms with Crippen LogP contribution in [0.1, 0.15) is 0 Å². The van der Waals surface area contributed by atoms with Crippen LogP contribution in [0.15, 0.2) is 72.8 Å². The largest absolute Gasteiger partial charge is 0.497 e. The zero-order valence-electron chi connectivity index (χ0n) is 17.6. The minimum atomic E-state index is 0.757. The van der Waals surface area contributed by atoms with Gasteiger partial charge in [-0.25, -0.2) is 0 Å². The number of benzene rings is 4. The quantitative estimate of drug-likeness (QED) is 0.386. The molecule has 4 aromatic carbocycles. The Morgan fingerprint density at radius 3 is 1.33 bits per heavy atom. The van der Waals surface area contributed by atoms with Crippen molar-refractivity contribution in [1.82, 2.24) is 0 Å². The summed E-state index contributed by atoms with van der Waals surface area (Å²) >= 11 is 0.